The van der Waals surface area contributed by atoms with E-state index in [9.17, 15) is 23.5 Å². The minimum Gasteiger partial charge on any atom is -0.493 e. The number of fused-ring (bicyclic) bond motifs is 3. The van der Waals surface area contributed by atoms with Gasteiger partial charge in [-0.3, -0.25) is 4.79 Å². The molecule has 32 heavy (non-hydrogen) atoms. The standard InChI is InChI=1S/C25H19F2NO4/c26-16-8-9-18(27)15(12-16)13-28-19-10-7-14-4-3-11-32-24(14)22(19)21(23(28)25(30)31)17-5-1-2-6-20(17)29/h1-2,5,7-10,12H,3-4,6,11,13H2,(H,30,31). The van der Waals surface area contributed by atoms with Crippen LogP contribution in [0.5, 0.6) is 5.75 Å². The molecule has 0 saturated carbocycles. The number of ether oxygens (including phenoxy) is 1. The van der Waals surface area contributed by atoms with Gasteiger partial charge in [-0.05, 0) is 42.7 Å². The highest BCUT2D eigenvalue weighted by Gasteiger charge is 2.31. The molecule has 5 nitrogen and oxygen atoms in total. The molecule has 2 aromatic carbocycles. The van der Waals surface area contributed by atoms with Gasteiger partial charge in [0.25, 0.3) is 0 Å². The van der Waals surface area contributed by atoms with Crippen molar-refractivity contribution in [2.75, 3.05) is 6.61 Å². The summed E-state index contributed by atoms with van der Waals surface area (Å²) >= 11 is 0. The van der Waals surface area contributed by atoms with Gasteiger partial charge < -0.3 is 14.4 Å². The van der Waals surface area contributed by atoms with E-state index in [0.717, 1.165) is 36.6 Å². The fraction of sp³-hybridized carbons (Fsp3) is 0.200. The molecular formula is C25H19F2NO4. The third-order valence-electron chi connectivity index (χ3n) is 5.91. The van der Waals surface area contributed by atoms with E-state index in [2.05, 4.69) is 0 Å². The van der Waals surface area contributed by atoms with Gasteiger partial charge in [-0.2, -0.15) is 0 Å². The van der Waals surface area contributed by atoms with Crippen molar-refractivity contribution in [3.8, 4) is 5.75 Å². The number of carbonyl (C=O) groups is 2. The normalized spacial score (nSPS) is 15.4. The molecule has 1 N–H and O–H groups in total. The van der Waals surface area contributed by atoms with Crippen molar-refractivity contribution in [1.82, 2.24) is 4.57 Å². The number of aryl methyl sites for hydroxylation is 1. The molecule has 3 aromatic rings. The van der Waals surface area contributed by atoms with E-state index in [4.69, 9.17) is 4.74 Å². The Hall–Kier alpha value is -3.74. The number of carboxylic acids is 1. The SMILES string of the molecule is O=C1CC=CC=C1c1c(C(=O)O)n(Cc2cc(F)ccc2F)c2ccc3c(c12)OCCC3. The fourth-order valence-corrected chi connectivity index (χ4v) is 4.50. The molecule has 2 aliphatic rings. The van der Waals surface area contributed by atoms with Crippen molar-refractivity contribution in [1.29, 1.82) is 0 Å². The average Bonchev–Trinajstić information content (AvgIpc) is 3.11. The first-order valence-electron chi connectivity index (χ1n) is 10.3. The average molecular weight is 435 g/mol. The molecule has 7 heteroatoms. The summed E-state index contributed by atoms with van der Waals surface area (Å²) in [5, 5.41) is 10.7. The first kappa shape index (κ1) is 20.2. The van der Waals surface area contributed by atoms with Crippen molar-refractivity contribution >= 4 is 28.2 Å². The summed E-state index contributed by atoms with van der Waals surface area (Å²) in [6.07, 6.45) is 6.78. The van der Waals surface area contributed by atoms with Crippen LogP contribution in [0.2, 0.25) is 0 Å². The van der Waals surface area contributed by atoms with E-state index in [1.807, 2.05) is 6.07 Å². The molecule has 1 aromatic heterocycles. The summed E-state index contributed by atoms with van der Waals surface area (Å²) in [6, 6.07) is 6.70. The van der Waals surface area contributed by atoms with Crippen LogP contribution in [0.4, 0.5) is 8.78 Å². The van der Waals surface area contributed by atoms with Gasteiger partial charge in [0.05, 0.1) is 24.1 Å². The van der Waals surface area contributed by atoms with Gasteiger partial charge >= 0.3 is 5.97 Å². The molecule has 0 atom stereocenters. The van der Waals surface area contributed by atoms with Crippen molar-refractivity contribution < 1.29 is 28.2 Å². The Morgan fingerprint density at radius 3 is 2.81 bits per heavy atom. The maximum Gasteiger partial charge on any atom is 0.353 e. The van der Waals surface area contributed by atoms with Crippen molar-refractivity contribution in [3.63, 3.8) is 0 Å². The largest absolute Gasteiger partial charge is 0.493 e. The van der Waals surface area contributed by atoms with Gasteiger partial charge in [0, 0.05) is 23.1 Å². The number of carboxylic acid groups (broad SMARTS) is 1. The second-order valence-corrected chi connectivity index (χ2v) is 7.89. The number of halogens is 2. The van der Waals surface area contributed by atoms with Crippen LogP contribution in [-0.4, -0.2) is 28.0 Å². The molecule has 2 heterocycles. The third kappa shape index (κ3) is 3.21. The van der Waals surface area contributed by atoms with E-state index in [-0.39, 0.29) is 41.1 Å². The smallest absolute Gasteiger partial charge is 0.353 e. The highest BCUT2D eigenvalue weighted by molar-refractivity contribution is 6.28. The number of hydrogen-bond donors (Lipinski definition) is 1. The molecule has 162 valence electrons. The van der Waals surface area contributed by atoms with Gasteiger partial charge in [0.1, 0.15) is 23.1 Å². The lowest BCUT2D eigenvalue weighted by molar-refractivity contribution is -0.113. The zero-order chi connectivity index (χ0) is 22.4. The van der Waals surface area contributed by atoms with Crippen molar-refractivity contribution in [2.24, 2.45) is 0 Å². The van der Waals surface area contributed by atoms with Crippen LogP contribution < -0.4 is 4.74 Å². The predicted molar refractivity (Wildman–Crippen MR) is 115 cm³/mol. The van der Waals surface area contributed by atoms with Crippen LogP contribution in [0.3, 0.4) is 0 Å². The second-order valence-electron chi connectivity index (χ2n) is 7.89. The summed E-state index contributed by atoms with van der Waals surface area (Å²) < 4.78 is 35.7. The van der Waals surface area contributed by atoms with Gasteiger partial charge in [-0.1, -0.05) is 24.3 Å². The van der Waals surface area contributed by atoms with Gasteiger partial charge in [0.2, 0.25) is 0 Å². The maximum atomic E-state index is 14.5. The van der Waals surface area contributed by atoms with Crippen molar-refractivity contribution in [3.05, 3.63) is 82.6 Å². The number of aromatic carboxylic acids is 1. The highest BCUT2D eigenvalue weighted by atomic mass is 19.1. The summed E-state index contributed by atoms with van der Waals surface area (Å²) in [7, 11) is 0. The van der Waals surface area contributed by atoms with Gasteiger partial charge in [0.15, 0.2) is 5.78 Å². The minimum absolute atomic E-state index is 0.0124. The Labute approximate surface area is 182 Å². The third-order valence-corrected chi connectivity index (χ3v) is 5.91. The quantitative estimate of drug-likeness (QED) is 0.633. The van der Waals surface area contributed by atoms with Gasteiger partial charge in [-0.25, -0.2) is 13.6 Å². The van der Waals surface area contributed by atoms with E-state index in [1.165, 1.54) is 4.57 Å². The Morgan fingerprint density at radius 2 is 2.03 bits per heavy atom. The summed E-state index contributed by atoms with van der Waals surface area (Å²) in [4.78, 5) is 25.3. The lowest BCUT2D eigenvalue weighted by atomic mass is 9.92. The molecule has 5 rings (SSSR count). The molecule has 0 fully saturated rings. The Balaban J connectivity index is 1.86. The van der Waals surface area contributed by atoms with E-state index < -0.39 is 17.6 Å². The molecule has 0 amide bonds. The van der Waals surface area contributed by atoms with E-state index in [1.54, 1.807) is 24.3 Å². The van der Waals surface area contributed by atoms with Crippen LogP contribution in [0.15, 0.2) is 48.6 Å². The first-order valence-corrected chi connectivity index (χ1v) is 10.3. The zero-order valence-electron chi connectivity index (χ0n) is 17.0. The zero-order valence-corrected chi connectivity index (χ0v) is 17.0. The number of ketones is 1. The van der Waals surface area contributed by atoms with Gasteiger partial charge in [-0.15, -0.1) is 0 Å². The first-order chi connectivity index (χ1) is 15.5. The van der Waals surface area contributed by atoms with Crippen LogP contribution in [0, 0.1) is 11.6 Å². The number of allylic oxidation sites excluding steroid dienone is 4. The van der Waals surface area contributed by atoms with E-state index in [0.29, 0.717) is 23.3 Å². The molecule has 0 saturated heterocycles. The molecule has 0 spiro atoms. The highest BCUT2D eigenvalue weighted by Crippen LogP contribution is 2.43. The topological polar surface area (TPSA) is 68.5 Å². The maximum absolute atomic E-state index is 14.5. The number of Topliss-reactive ketones (excluding diaryl/α,β-unsaturated/α-hetero) is 1. The Kier molecular flexibility index (Phi) is 4.89. The minimum atomic E-state index is -1.26. The van der Waals surface area contributed by atoms with Crippen molar-refractivity contribution in [2.45, 2.75) is 25.8 Å². The molecule has 1 aliphatic heterocycles. The molecular weight excluding hydrogens is 416 g/mol. The molecule has 0 unspecified atom stereocenters. The van der Waals surface area contributed by atoms with E-state index >= 15 is 0 Å². The number of aromatic nitrogens is 1. The number of hydrogen-bond acceptors (Lipinski definition) is 3. The molecule has 0 radical (unpaired) electrons. The lowest BCUT2D eigenvalue weighted by Crippen LogP contribution is -2.14. The second kappa shape index (κ2) is 7.75. The summed E-state index contributed by atoms with van der Waals surface area (Å²) in [5.74, 6) is -2.18. The number of nitrogens with zero attached hydrogens (tertiary/aromatic N) is 1. The number of carbonyl (C=O) groups excluding carboxylic acids is 1. The number of rotatable bonds is 4. The van der Waals surface area contributed by atoms with Crippen LogP contribution in [0.1, 0.15) is 40.0 Å². The summed E-state index contributed by atoms with van der Waals surface area (Å²) in [6.45, 7) is 0.266. The predicted octanol–water partition coefficient (Wildman–Crippen LogP) is 4.90. The van der Waals surface area contributed by atoms with Crippen LogP contribution in [0.25, 0.3) is 16.5 Å². The van der Waals surface area contributed by atoms with Crippen LogP contribution >= 0.6 is 0 Å². The van der Waals surface area contributed by atoms with Crippen LogP contribution in [-0.2, 0) is 17.8 Å². The Morgan fingerprint density at radius 1 is 1.19 bits per heavy atom. The lowest BCUT2D eigenvalue weighted by Gasteiger charge is -2.19. The fourth-order valence-electron chi connectivity index (χ4n) is 4.50. The molecule has 1 aliphatic carbocycles. The summed E-state index contributed by atoms with van der Waals surface area (Å²) in [5.41, 5.74) is 1.81. The molecule has 0 bridgehead atoms. The monoisotopic (exact) mass is 435 g/mol. The Bertz CT molecular complexity index is 1350. The number of benzene rings is 2.